The fraction of sp³-hybridized carbons (Fsp3) is 0.733. The lowest BCUT2D eigenvalue weighted by atomic mass is 10.0. The van der Waals surface area contributed by atoms with Crippen molar-refractivity contribution in [2.45, 2.75) is 180 Å². The van der Waals surface area contributed by atoms with E-state index >= 15 is 0 Å². The molecule has 11 nitrogen and oxygen atoms in total. The first-order chi connectivity index (χ1) is 27.5. The molecule has 4 atom stereocenters. The maximum atomic E-state index is 12.6. The highest BCUT2D eigenvalue weighted by atomic mass is 31.2. The summed E-state index contributed by atoms with van der Waals surface area (Å²) in [5.74, 6) is -0.227. The zero-order chi connectivity index (χ0) is 42.2. The predicted octanol–water partition coefficient (Wildman–Crippen LogP) is 10.3. The molecule has 12 heteroatoms. The number of phosphoric acid groups is 1. The number of rotatable bonds is 39. The molecule has 330 valence electrons. The van der Waals surface area contributed by atoms with E-state index in [-0.39, 0.29) is 19.4 Å². The van der Waals surface area contributed by atoms with E-state index in [1.807, 2.05) is 42.5 Å². The molecule has 0 aromatic rings. The summed E-state index contributed by atoms with van der Waals surface area (Å²) in [6.07, 6.45) is 38.0. The van der Waals surface area contributed by atoms with Crippen LogP contribution < -0.4 is 0 Å². The van der Waals surface area contributed by atoms with Crippen molar-refractivity contribution in [2.24, 2.45) is 5.92 Å². The minimum atomic E-state index is -4.65. The molecule has 0 aliphatic rings. The summed E-state index contributed by atoms with van der Waals surface area (Å²) in [6.45, 7) is 4.43. The van der Waals surface area contributed by atoms with Crippen molar-refractivity contribution >= 4 is 19.8 Å². The summed E-state index contributed by atoms with van der Waals surface area (Å²) in [7, 11) is -4.65. The van der Waals surface area contributed by atoms with Gasteiger partial charge in [0.05, 0.1) is 25.9 Å². The van der Waals surface area contributed by atoms with Crippen molar-refractivity contribution in [1.82, 2.24) is 0 Å². The molecule has 0 aliphatic carbocycles. The number of hydrogen-bond donors (Lipinski definition) is 4. The lowest BCUT2D eigenvalue weighted by Gasteiger charge is -2.20. The Hall–Kier alpha value is -2.37. The van der Waals surface area contributed by atoms with Crippen LogP contribution >= 0.6 is 7.82 Å². The van der Waals surface area contributed by atoms with Crippen molar-refractivity contribution in [3.63, 3.8) is 0 Å². The molecule has 57 heavy (non-hydrogen) atoms. The number of ether oxygens (including phenoxy) is 2. The number of aliphatic hydroxyl groups is 3. The molecule has 0 fully saturated rings. The van der Waals surface area contributed by atoms with E-state index in [4.69, 9.17) is 19.1 Å². The van der Waals surface area contributed by atoms with Gasteiger partial charge in [-0.05, 0) is 50.9 Å². The molecular formula is C45H79O11P. The van der Waals surface area contributed by atoms with Crippen LogP contribution in [0.25, 0.3) is 0 Å². The molecule has 0 radical (unpaired) electrons. The first kappa shape index (κ1) is 54.6. The summed E-state index contributed by atoms with van der Waals surface area (Å²) >= 11 is 0. The van der Waals surface area contributed by atoms with Crippen molar-refractivity contribution in [3.05, 3.63) is 60.8 Å². The van der Waals surface area contributed by atoms with Gasteiger partial charge in [0.25, 0.3) is 0 Å². The number of hydrogen-bond acceptors (Lipinski definition) is 10. The quantitative estimate of drug-likeness (QED) is 0.0153. The lowest BCUT2D eigenvalue weighted by molar-refractivity contribution is -0.161. The predicted molar refractivity (Wildman–Crippen MR) is 229 cm³/mol. The molecule has 0 spiro atoms. The molecule has 0 aromatic heterocycles. The van der Waals surface area contributed by atoms with Crippen molar-refractivity contribution in [2.75, 3.05) is 26.4 Å². The van der Waals surface area contributed by atoms with Gasteiger partial charge in [0.15, 0.2) is 6.10 Å². The lowest BCUT2D eigenvalue weighted by Crippen LogP contribution is -2.29. The van der Waals surface area contributed by atoms with Gasteiger partial charge in [0, 0.05) is 12.8 Å². The summed E-state index contributed by atoms with van der Waals surface area (Å²) < 4.78 is 32.6. The third-order valence-corrected chi connectivity index (χ3v) is 9.90. The van der Waals surface area contributed by atoms with Gasteiger partial charge >= 0.3 is 19.8 Å². The van der Waals surface area contributed by atoms with E-state index in [2.05, 4.69) is 37.4 Å². The zero-order valence-electron chi connectivity index (χ0n) is 35.6. The summed E-state index contributed by atoms with van der Waals surface area (Å²) in [6, 6.07) is 0. The number of esters is 2. The minimum absolute atomic E-state index is 0.130. The van der Waals surface area contributed by atoms with E-state index in [9.17, 15) is 29.3 Å². The minimum Gasteiger partial charge on any atom is -0.462 e. The van der Waals surface area contributed by atoms with E-state index in [1.54, 1.807) is 6.08 Å². The Balaban J connectivity index is 4.45. The number of carbonyl (C=O) groups is 2. The van der Waals surface area contributed by atoms with Crippen molar-refractivity contribution in [3.8, 4) is 0 Å². The van der Waals surface area contributed by atoms with E-state index in [1.165, 1.54) is 64.2 Å². The fourth-order valence-corrected chi connectivity index (χ4v) is 6.38. The van der Waals surface area contributed by atoms with Crippen LogP contribution in [0, 0.1) is 5.92 Å². The third-order valence-electron chi connectivity index (χ3n) is 8.94. The Kier molecular flexibility index (Phi) is 37.5. The Morgan fingerprint density at radius 1 is 0.649 bits per heavy atom. The van der Waals surface area contributed by atoms with Crippen molar-refractivity contribution in [1.29, 1.82) is 0 Å². The molecule has 4 N–H and O–H groups in total. The molecular weight excluding hydrogens is 747 g/mol. The molecule has 0 aliphatic heterocycles. The van der Waals surface area contributed by atoms with Gasteiger partial charge in [-0.15, -0.1) is 0 Å². The number of allylic oxidation sites excluding steroid dienone is 8. The average molecular weight is 827 g/mol. The van der Waals surface area contributed by atoms with Crippen LogP contribution in [0.15, 0.2) is 60.8 Å². The maximum Gasteiger partial charge on any atom is 0.472 e. The van der Waals surface area contributed by atoms with Gasteiger partial charge in [-0.1, -0.05) is 165 Å². The third kappa shape index (κ3) is 40.2. The van der Waals surface area contributed by atoms with Crippen molar-refractivity contribution < 1.29 is 52.9 Å². The number of carbonyl (C=O) groups excluding carboxylic acids is 2. The Morgan fingerprint density at radius 2 is 1.21 bits per heavy atom. The van der Waals surface area contributed by atoms with Crippen LogP contribution in [0.4, 0.5) is 0 Å². The highest BCUT2D eigenvalue weighted by Crippen LogP contribution is 2.43. The second kappa shape index (κ2) is 39.1. The molecule has 0 rings (SSSR count). The van der Waals surface area contributed by atoms with E-state index < -0.39 is 57.9 Å². The number of aliphatic hydroxyl groups excluding tert-OH is 3. The maximum absolute atomic E-state index is 12.6. The fourth-order valence-electron chi connectivity index (χ4n) is 5.59. The van der Waals surface area contributed by atoms with Gasteiger partial charge in [-0.3, -0.25) is 18.6 Å². The topological polar surface area (TPSA) is 169 Å². The normalized spacial score (nSPS) is 15.1. The van der Waals surface area contributed by atoms with E-state index in [0.29, 0.717) is 32.1 Å². The van der Waals surface area contributed by atoms with Gasteiger partial charge in [-0.25, -0.2) is 4.57 Å². The highest BCUT2D eigenvalue weighted by molar-refractivity contribution is 7.47. The second-order valence-electron chi connectivity index (χ2n) is 15.0. The van der Waals surface area contributed by atoms with Crippen LogP contribution in [-0.2, 0) is 32.7 Å². The molecule has 0 amide bonds. The molecule has 0 saturated heterocycles. The Labute approximate surface area is 345 Å². The Morgan fingerprint density at radius 3 is 1.84 bits per heavy atom. The standard InChI is InChI=1S/C45H79O11P/c1-4-5-6-7-22-27-32-41(47)33-28-23-18-15-16-19-24-29-34-44(49)53-38-43(39-55-57(51,52)54-37-42(48)36-46)56-45(50)35-30-25-20-14-12-10-8-9-11-13-17-21-26-31-40(2)3/h5-6,16,18-19,22-23,27-28,33,40-43,46-48H,4,7-15,17,20-21,24-26,29-32,34-39H2,1-3H3,(H,51,52)/b6-5-,19-16-,23-18-,27-22-,33-28+/t41?,42-,43+/m0/s1. The second-order valence-corrected chi connectivity index (χ2v) is 16.5. The highest BCUT2D eigenvalue weighted by Gasteiger charge is 2.27. The smallest absolute Gasteiger partial charge is 0.462 e. The van der Waals surface area contributed by atoms with Crippen LogP contribution in [0.1, 0.15) is 162 Å². The van der Waals surface area contributed by atoms with Crippen LogP contribution in [0.5, 0.6) is 0 Å². The van der Waals surface area contributed by atoms with E-state index in [0.717, 1.165) is 38.0 Å². The number of phosphoric ester groups is 1. The van der Waals surface area contributed by atoms with Gasteiger partial charge in [0.1, 0.15) is 12.7 Å². The SMILES string of the molecule is CC/C=C\C/C=C\CC(O)/C=C/C=C\C/C=C\CCCC(=O)OC[C@H](COP(=O)(O)OC[C@@H](O)CO)OC(=O)CCCCCCCCCCCCCCCC(C)C. The summed E-state index contributed by atoms with van der Waals surface area (Å²) in [5.41, 5.74) is 0. The molecule has 0 saturated carbocycles. The van der Waals surface area contributed by atoms with Crippen LogP contribution in [-0.4, -0.2) is 76.9 Å². The first-order valence-corrected chi connectivity index (χ1v) is 23.2. The average Bonchev–Trinajstić information content (AvgIpc) is 3.18. The van der Waals surface area contributed by atoms with Gasteiger partial charge in [0.2, 0.25) is 0 Å². The first-order valence-electron chi connectivity index (χ1n) is 21.7. The van der Waals surface area contributed by atoms with Crippen LogP contribution in [0.3, 0.4) is 0 Å². The number of unbranched alkanes of at least 4 members (excludes halogenated alkanes) is 13. The molecule has 0 bridgehead atoms. The molecule has 0 heterocycles. The zero-order valence-corrected chi connectivity index (χ0v) is 36.5. The summed E-state index contributed by atoms with van der Waals surface area (Å²) in [4.78, 5) is 35.0. The van der Waals surface area contributed by atoms with Crippen LogP contribution in [0.2, 0.25) is 0 Å². The van der Waals surface area contributed by atoms with Gasteiger partial charge < -0.3 is 29.7 Å². The molecule has 2 unspecified atom stereocenters. The van der Waals surface area contributed by atoms with Gasteiger partial charge in [-0.2, -0.15) is 0 Å². The summed E-state index contributed by atoms with van der Waals surface area (Å²) in [5, 5.41) is 28.3. The molecule has 0 aromatic carbocycles. The Bertz CT molecular complexity index is 1160. The monoisotopic (exact) mass is 827 g/mol. The largest absolute Gasteiger partial charge is 0.472 e.